The van der Waals surface area contributed by atoms with Gasteiger partial charge >= 0.3 is 5.97 Å². The van der Waals surface area contributed by atoms with Crippen LogP contribution < -0.4 is 4.72 Å². The molecule has 9 heteroatoms. The highest BCUT2D eigenvalue weighted by atomic mass is 32.2. The number of hydrogen-bond donors (Lipinski definition) is 1. The van der Waals surface area contributed by atoms with Gasteiger partial charge in [-0.05, 0) is 39.3 Å². The first kappa shape index (κ1) is 18.6. The quantitative estimate of drug-likeness (QED) is 0.750. The van der Waals surface area contributed by atoms with E-state index in [2.05, 4.69) is 9.88 Å². The number of ether oxygens (including phenoxy) is 1. The predicted octanol–water partition coefficient (Wildman–Crippen LogP) is 3.05. The van der Waals surface area contributed by atoms with Crippen molar-refractivity contribution in [3.05, 3.63) is 23.9 Å². The third-order valence-electron chi connectivity index (χ3n) is 3.38. The van der Waals surface area contributed by atoms with Crippen LogP contribution in [-0.2, 0) is 14.8 Å². The third kappa shape index (κ3) is 4.22. The first-order valence-electron chi connectivity index (χ1n) is 7.46. The summed E-state index contributed by atoms with van der Waals surface area (Å²) in [4.78, 5) is 12.2. The Bertz CT molecular complexity index is 821. The van der Waals surface area contributed by atoms with Crippen LogP contribution in [0.25, 0.3) is 10.6 Å². The van der Waals surface area contributed by atoms with Crippen LogP contribution in [0.4, 0.5) is 0 Å². The van der Waals surface area contributed by atoms with Gasteiger partial charge in [-0.3, -0.25) is 0 Å². The number of esters is 1. The Morgan fingerprint density at radius 1 is 1.38 bits per heavy atom. The molecular weight excluding hydrogens is 352 g/mol. The molecule has 0 aromatic carbocycles. The van der Waals surface area contributed by atoms with Gasteiger partial charge in [-0.2, -0.15) is 0 Å². The Kier molecular flexibility index (Phi) is 5.46. The van der Waals surface area contributed by atoms with Crippen molar-refractivity contribution in [3.63, 3.8) is 0 Å². The highest BCUT2D eigenvalue weighted by molar-refractivity contribution is 7.91. The number of carbonyl (C=O) groups excluding carboxylic acids is 1. The molecule has 1 N–H and O–H groups in total. The normalized spacial score (nSPS) is 12.3. The smallest absolute Gasteiger partial charge is 0.360 e. The number of nitrogens with one attached hydrogen (secondary N) is 1. The molecule has 0 aliphatic rings. The molecule has 0 unspecified atom stereocenters. The number of aromatic nitrogens is 1. The Hall–Kier alpha value is -1.71. The lowest BCUT2D eigenvalue weighted by Gasteiger charge is -2.23. The van der Waals surface area contributed by atoms with Gasteiger partial charge < -0.3 is 9.26 Å². The number of nitrogens with zero attached hydrogens (tertiary/aromatic N) is 1. The zero-order chi connectivity index (χ0) is 18.0. The molecule has 0 saturated carbocycles. The molecule has 2 rings (SSSR count). The highest BCUT2D eigenvalue weighted by Gasteiger charge is 2.26. The molecular formula is C15H20N2O5S2. The zero-order valence-electron chi connectivity index (χ0n) is 14.0. The van der Waals surface area contributed by atoms with Crippen LogP contribution in [-0.4, -0.2) is 31.7 Å². The summed E-state index contributed by atoms with van der Waals surface area (Å²) in [5.41, 5.74) is -0.485. The summed E-state index contributed by atoms with van der Waals surface area (Å²) in [5.74, 6) is -0.262. The second kappa shape index (κ2) is 7.04. The van der Waals surface area contributed by atoms with Gasteiger partial charge in [0.2, 0.25) is 0 Å². The van der Waals surface area contributed by atoms with Crippen LogP contribution in [0, 0.1) is 0 Å². The monoisotopic (exact) mass is 372 g/mol. The third-order valence-corrected chi connectivity index (χ3v) is 6.67. The van der Waals surface area contributed by atoms with Crippen molar-refractivity contribution in [3.8, 4) is 10.6 Å². The van der Waals surface area contributed by atoms with Crippen molar-refractivity contribution in [2.45, 2.75) is 43.9 Å². The Morgan fingerprint density at radius 2 is 2.08 bits per heavy atom. The van der Waals surface area contributed by atoms with Crippen molar-refractivity contribution >= 4 is 27.3 Å². The van der Waals surface area contributed by atoms with Gasteiger partial charge in [0.25, 0.3) is 10.0 Å². The molecule has 0 atom stereocenters. The van der Waals surface area contributed by atoms with E-state index in [1.165, 1.54) is 12.1 Å². The van der Waals surface area contributed by atoms with E-state index >= 15 is 0 Å². The maximum absolute atomic E-state index is 12.4. The van der Waals surface area contributed by atoms with E-state index in [4.69, 9.17) is 9.26 Å². The van der Waals surface area contributed by atoms with Gasteiger partial charge in [0.15, 0.2) is 11.5 Å². The van der Waals surface area contributed by atoms with E-state index in [1.54, 1.807) is 13.0 Å². The van der Waals surface area contributed by atoms with Gasteiger partial charge in [0.1, 0.15) is 4.21 Å². The van der Waals surface area contributed by atoms with E-state index in [-0.39, 0.29) is 16.5 Å². The molecule has 2 aromatic rings. The minimum atomic E-state index is -3.62. The van der Waals surface area contributed by atoms with Crippen LogP contribution in [0.2, 0.25) is 0 Å². The van der Waals surface area contributed by atoms with E-state index in [1.807, 2.05) is 20.8 Å². The molecule has 2 heterocycles. The van der Waals surface area contributed by atoms with Crippen molar-refractivity contribution < 1.29 is 22.5 Å². The van der Waals surface area contributed by atoms with Crippen molar-refractivity contribution in [1.82, 2.24) is 9.88 Å². The fourth-order valence-electron chi connectivity index (χ4n) is 1.78. The topological polar surface area (TPSA) is 98.5 Å². The summed E-state index contributed by atoms with van der Waals surface area (Å²) >= 11 is 1.05. The zero-order valence-corrected chi connectivity index (χ0v) is 15.6. The maximum Gasteiger partial charge on any atom is 0.360 e. The van der Waals surface area contributed by atoms with Crippen molar-refractivity contribution in [1.29, 1.82) is 0 Å². The van der Waals surface area contributed by atoms with Gasteiger partial charge in [0.05, 0.1) is 11.5 Å². The molecule has 0 bridgehead atoms. The number of carbonyl (C=O) groups is 1. The molecule has 0 amide bonds. The minimum Gasteiger partial charge on any atom is -0.461 e. The van der Waals surface area contributed by atoms with Crippen LogP contribution in [0.3, 0.4) is 0 Å². The van der Waals surface area contributed by atoms with Crippen LogP contribution in [0.5, 0.6) is 0 Å². The first-order chi connectivity index (χ1) is 11.2. The van der Waals surface area contributed by atoms with E-state index in [0.29, 0.717) is 17.1 Å². The summed E-state index contributed by atoms with van der Waals surface area (Å²) in [6.45, 7) is 7.48. The first-order valence-corrected chi connectivity index (χ1v) is 9.76. The summed E-state index contributed by atoms with van der Waals surface area (Å²) in [5, 5.41) is 3.65. The van der Waals surface area contributed by atoms with Crippen LogP contribution >= 0.6 is 11.3 Å². The second-order valence-corrected chi connectivity index (χ2v) is 8.75. The number of thiophene rings is 1. The molecule has 0 radical (unpaired) electrons. The second-order valence-electron chi connectivity index (χ2n) is 5.76. The van der Waals surface area contributed by atoms with Crippen molar-refractivity contribution in [2.24, 2.45) is 0 Å². The number of hydrogen-bond acceptors (Lipinski definition) is 7. The van der Waals surface area contributed by atoms with Crippen LogP contribution in [0.1, 0.15) is 44.6 Å². The molecule has 7 nitrogen and oxygen atoms in total. The highest BCUT2D eigenvalue weighted by Crippen LogP contribution is 2.32. The van der Waals surface area contributed by atoms with E-state index < -0.39 is 21.5 Å². The van der Waals surface area contributed by atoms with E-state index in [9.17, 15) is 13.2 Å². The molecule has 24 heavy (non-hydrogen) atoms. The lowest BCUT2D eigenvalue weighted by atomic mass is 10.0. The summed E-state index contributed by atoms with van der Waals surface area (Å²) in [7, 11) is -3.62. The fourth-order valence-corrected chi connectivity index (χ4v) is 4.51. The number of rotatable bonds is 7. The standard InChI is InChI=1S/C15H20N2O5S2/c1-5-15(3,4)17-24(19,20)13-8-7-12(23-13)11-9-10(16-22-11)14(18)21-6-2/h7-9,17H,5-6H2,1-4H3. The molecule has 132 valence electrons. The Labute approximate surface area is 145 Å². The molecule has 0 aliphatic heterocycles. The van der Waals surface area contributed by atoms with Crippen LogP contribution in [0.15, 0.2) is 26.9 Å². The predicted molar refractivity (Wildman–Crippen MR) is 90.5 cm³/mol. The average Bonchev–Trinajstić information content (AvgIpc) is 3.16. The summed E-state index contributed by atoms with van der Waals surface area (Å²) in [6.07, 6.45) is 0.662. The van der Waals surface area contributed by atoms with Gasteiger partial charge in [-0.15, -0.1) is 11.3 Å². The molecule has 2 aromatic heterocycles. The maximum atomic E-state index is 12.4. The lowest BCUT2D eigenvalue weighted by molar-refractivity contribution is 0.0514. The Balaban J connectivity index is 2.23. The molecule has 0 saturated heterocycles. The largest absolute Gasteiger partial charge is 0.461 e. The van der Waals surface area contributed by atoms with Gasteiger partial charge in [0, 0.05) is 11.6 Å². The average molecular weight is 372 g/mol. The SMILES string of the molecule is CCOC(=O)c1cc(-c2ccc(S(=O)(=O)NC(C)(C)CC)s2)on1. The van der Waals surface area contributed by atoms with Gasteiger partial charge in [-0.1, -0.05) is 12.1 Å². The lowest BCUT2D eigenvalue weighted by Crippen LogP contribution is -2.42. The molecule has 0 aliphatic carbocycles. The summed E-state index contributed by atoms with van der Waals surface area (Å²) < 4.78 is 37.6. The summed E-state index contributed by atoms with van der Waals surface area (Å²) in [6, 6.07) is 4.55. The van der Waals surface area contributed by atoms with E-state index in [0.717, 1.165) is 11.3 Å². The Morgan fingerprint density at radius 3 is 2.71 bits per heavy atom. The molecule has 0 spiro atoms. The van der Waals surface area contributed by atoms with Crippen molar-refractivity contribution in [2.75, 3.05) is 6.61 Å². The van der Waals surface area contributed by atoms with Gasteiger partial charge in [-0.25, -0.2) is 17.9 Å². The fraction of sp³-hybridized carbons (Fsp3) is 0.467. The number of sulfonamides is 1. The minimum absolute atomic E-state index is 0.0508. The molecule has 0 fully saturated rings.